The second kappa shape index (κ2) is 10.6. The molecule has 0 bridgehead atoms. The topological polar surface area (TPSA) is 170 Å². The second-order valence-corrected chi connectivity index (χ2v) is 8.48. The van der Waals surface area contributed by atoms with Crippen molar-refractivity contribution >= 4 is 29.7 Å². The Balaban J connectivity index is 2.15. The average Bonchev–Trinajstić information content (AvgIpc) is 3.38. The number of carbonyl (C=O) groups is 5. The standard InChI is InChI=1S/C20H32N4O7/c1-11(2)16(21)19(29)23-9-3-5-13(23)17(27)22-12(7-8-15(25)26)18(28)24-10-4-6-14(24)20(30)31/h11-14,16H,3-10,21H2,1-2H3,(H,22,27)(H,25,26)(H,30,31). The lowest BCUT2D eigenvalue weighted by atomic mass is 10.0. The Labute approximate surface area is 180 Å². The molecule has 4 atom stereocenters. The number of nitrogens with one attached hydrogen (secondary N) is 1. The van der Waals surface area contributed by atoms with Gasteiger partial charge in [0, 0.05) is 19.5 Å². The molecule has 2 fully saturated rings. The predicted molar refractivity (Wildman–Crippen MR) is 109 cm³/mol. The summed E-state index contributed by atoms with van der Waals surface area (Å²) in [6, 6.07) is -3.73. The zero-order valence-electron chi connectivity index (χ0n) is 18.0. The smallest absolute Gasteiger partial charge is 0.326 e. The van der Waals surface area contributed by atoms with E-state index in [4.69, 9.17) is 10.8 Å². The minimum atomic E-state index is -1.18. The average molecular weight is 440 g/mol. The van der Waals surface area contributed by atoms with Crippen LogP contribution in [0.2, 0.25) is 0 Å². The fraction of sp³-hybridized carbons (Fsp3) is 0.750. The normalized spacial score (nSPS) is 23.0. The molecule has 31 heavy (non-hydrogen) atoms. The Kier molecular flexibility index (Phi) is 8.37. The number of nitrogens with zero attached hydrogens (tertiary/aromatic N) is 2. The van der Waals surface area contributed by atoms with Gasteiger partial charge < -0.3 is 31.1 Å². The van der Waals surface area contributed by atoms with Crippen LogP contribution in [-0.4, -0.2) is 86.9 Å². The fourth-order valence-corrected chi connectivity index (χ4v) is 4.06. The maximum atomic E-state index is 13.0. The number of aliphatic carboxylic acids is 2. The second-order valence-electron chi connectivity index (χ2n) is 8.48. The Morgan fingerprint density at radius 2 is 1.52 bits per heavy atom. The summed E-state index contributed by atoms with van der Waals surface area (Å²) in [5, 5.41) is 21.0. The van der Waals surface area contributed by atoms with Crippen LogP contribution >= 0.6 is 0 Å². The van der Waals surface area contributed by atoms with Crippen molar-refractivity contribution in [3.63, 3.8) is 0 Å². The summed E-state index contributed by atoms with van der Waals surface area (Å²) in [6.07, 6.45) is 1.29. The monoisotopic (exact) mass is 440 g/mol. The summed E-state index contributed by atoms with van der Waals surface area (Å²) in [5.41, 5.74) is 5.95. The van der Waals surface area contributed by atoms with Crippen LogP contribution in [0.15, 0.2) is 0 Å². The van der Waals surface area contributed by atoms with Crippen LogP contribution in [0, 0.1) is 5.92 Å². The molecule has 0 aromatic rings. The first-order valence-corrected chi connectivity index (χ1v) is 10.7. The van der Waals surface area contributed by atoms with E-state index in [2.05, 4.69) is 5.32 Å². The van der Waals surface area contributed by atoms with Gasteiger partial charge >= 0.3 is 11.9 Å². The van der Waals surface area contributed by atoms with E-state index in [9.17, 15) is 29.1 Å². The quantitative estimate of drug-likeness (QED) is 0.368. The maximum Gasteiger partial charge on any atom is 0.326 e. The number of hydrogen-bond acceptors (Lipinski definition) is 6. The highest BCUT2D eigenvalue weighted by Gasteiger charge is 2.41. The molecule has 11 heteroatoms. The van der Waals surface area contributed by atoms with Crippen LogP contribution < -0.4 is 11.1 Å². The predicted octanol–water partition coefficient (Wildman–Crippen LogP) is -0.614. The molecule has 2 aliphatic rings. The Morgan fingerprint density at radius 1 is 0.968 bits per heavy atom. The zero-order valence-corrected chi connectivity index (χ0v) is 18.0. The van der Waals surface area contributed by atoms with Crippen molar-refractivity contribution in [2.75, 3.05) is 13.1 Å². The first-order chi connectivity index (χ1) is 14.5. The van der Waals surface area contributed by atoms with Crippen molar-refractivity contribution < 1.29 is 34.2 Å². The molecule has 2 rings (SSSR count). The lowest BCUT2D eigenvalue weighted by Crippen LogP contribution is -2.57. The lowest BCUT2D eigenvalue weighted by molar-refractivity contribution is -0.150. The molecule has 0 aliphatic carbocycles. The summed E-state index contributed by atoms with van der Waals surface area (Å²) >= 11 is 0. The van der Waals surface area contributed by atoms with Gasteiger partial charge in [-0.15, -0.1) is 0 Å². The third kappa shape index (κ3) is 5.93. The summed E-state index contributed by atoms with van der Waals surface area (Å²) in [4.78, 5) is 63.7. The maximum absolute atomic E-state index is 13.0. The van der Waals surface area contributed by atoms with Crippen molar-refractivity contribution in [2.45, 2.75) is 76.5 Å². The number of rotatable bonds is 9. The van der Waals surface area contributed by atoms with E-state index >= 15 is 0 Å². The molecule has 0 aromatic heterocycles. The van der Waals surface area contributed by atoms with Gasteiger partial charge in [-0.1, -0.05) is 13.8 Å². The van der Waals surface area contributed by atoms with E-state index in [1.807, 2.05) is 13.8 Å². The molecule has 4 unspecified atom stereocenters. The van der Waals surface area contributed by atoms with Gasteiger partial charge in [0.05, 0.1) is 6.04 Å². The zero-order chi connectivity index (χ0) is 23.3. The van der Waals surface area contributed by atoms with Gasteiger partial charge in [-0.05, 0) is 38.0 Å². The molecule has 11 nitrogen and oxygen atoms in total. The first-order valence-electron chi connectivity index (χ1n) is 10.7. The SMILES string of the molecule is CC(C)C(N)C(=O)N1CCCC1C(=O)NC(CCC(=O)O)C(=O)N1CCCC1C(=O)O. The van der Waals surface area contributed by atoms with Crippen LogP contribution in [0.1, 0.15) is 52.4 Å². The number of nitrogens with two attached hydrogens (primary N) is 1. The van der Waals surface area contributed by atoms with Crippen LogP contribution in [-0.2, 0) is 24.0 Å². The molecule has 2 aliphatic heterocycles. The van der Waals surface area contributed by atoms with Gasteiger partial charge in [0.25, 0.3) is 0 Å². The molecule has 2 saturated heterocycles. The molecular formula is C20H32N4O7. The molecular weight excluding hydrogens is 408 g/mol. The van der Waals surface area contributed by atoms with Gasteiger partial charge in [0.15, 0.2) is 0 Å². The first kappa shape index (κ1) is 24.6. The van der Waals surface area contributed by atoms with Gasteiger partial charge in [-0.25, -0.2) is 4.79 Å². The summed E-state index contributed by atoms with van der Waals surface area (Å²) in [5.74, 6) is -3.89. The van der Waals surface area contributed by atoms with E-state index in [0.717, 1.165) is 0 Å². The van der Waals surface area contributed by atoms with Crippen LogP contribution in [0.5, 0.6) is 0 Å². The van der Waals surface area contributed by atoms with Crippen molar-refractivity contribution in [2.24, 2.45) is 11.7 Å². The molecule has 174 valence electrons. The van der Waals surface area contributed by atoms with Crippen molar-refractivity contribution in [3.8, 4) is 0 Å². The van der Waals surface area contributed by atoms with Gasteiger partial charge in [-0.2, -0.15) is 0 Å². The summed E-state index contributed by atoms with van der Waals surface area (Å²) in [7, 11) is 0. The Morgan fingerprint density at radius 3 is 2.03 bits per heavy atom. The van der Waals surface area contributed by atoms with E-state index < -0.39 is 47.9 Å². The summed E-state index contributed by atoms with van der Waals surface area (Å²) in [6.45, 7) is 4.22. The summed E-state index contributed by atoms with van der Waals surface area (Å²) < 4.78 is 0. The van der Waals surface area contributed by atoms with E-state index in [-0.39, 0.29) is 31.2 Å². The highest BCUT2D eigenvalue weighted by Crippen LogP contribution is 2.22. The largest absolute Gasteiger partial charge is 0.481 e. The lowest BCUT2D eigenvalue weighted by Gasteiger charge is -2.31. The number of likely N-dealkylation sites (tertiary alicyclic amines) is 2. The van der Waals surface area contributed by atoms with E-state index in [1.54, 1.807) is 0 Å². The van der Waals surface area contributed by atoms with Crippen molar-refractivity contribution in [1.29, 1.82) is 0 Å². The molecule has 0 saturated carbocycles. The van der Waals surface area contributed by atoms with Gasteiger partial charge in [-0.3, -0.25) is 19.2 Å². The third-order valence-corrected chi connectivity index (χ3v) is 5.92. The fourth-order valence-electron chi connectivity index (χ4n) is 4.06. The molecule has 0 radical (unpaired) electrons. The molecule has 0 spiro atoms. The highest BCUT2D eigenvalue weighted by atomic mass is 16.4. The number of carbonyl (C=O) groups excluding carboxylic acids is 3. The number of carboxylic acids is 2. The van der Waals surface area contributed by atoms with Gasteiger partial charge in [0.2, 0.25) is 17.7 Å². The van der Waals surface area contributed by atoms with Crippen LogP contribution in [0.3, 0.4) is 0 Å². The minimum Gasteiger partial charge on any atom is -0.481 e. The van der Waals surface area contributed by atoms with Crippen LogP contribution in [0.25, 0.3) is 0 Å². The van der Waals surface area contributed by atoms with E-state index in [1.165, 1.54) is 9.80 Å². The van der Waals surface area contributed by atoms with Crippen LogP contribution in [0.4, 0.5) is 0 Å². The van der Waals surface area contributed by atoms with Crippen molar-refractivity contribution in [1.82, 2.24) is 15.1 Å². The Bertz CT molecular complexity index is 726. The molecule has 0 aromatic carbocycles. The van der Waals surface area contributed by atoms with E-state index in [0.29, 0.717) is 32.2 Å². The molecule has 3 amide bonds. The van der Waals surface area contributed by atoms with Crippen molar-refractivity contribution in [3.05, 3.63) is 0 Å². The number of hydrogen-bond donors (Lipinski definition) is 4. The number of carboxylic acid groups (broad SMARTS) is 2. The minimum absolute atomic E-state index is 0.107. The highest BCUT2D eigenvalue weighted by molar-refractivity contribution is 5.94. The number of amides is 3. The molecule has 5 N–H and O–H groups in total. The molecule has 2 heterocycles. The Hall–Kier alpha value is -2.69. The third-order valence-electron chi connectivity index (χ3n) is 5.92. The van der Waals surface area contributed by atoms with Gasteiger partial charge in [0.1, 0.15) is 18.1 Å².